The molecule has 1 heterocycles. The molecule has 0 aromatic carbocycles. The molecule has 2 nitrogen and oxygen atoms in total. The standard InChI is InChI=1S/C13H24N2S/c1-9(15(5)6)8-14-11(3)13-7-10(2)16-12(13)4/h7,9,11,14H,8H2,1-6H3. The Kier molecular flexibility index (Phi) is 4.96. The van der Waals surface area contributed by atoms with Gasteiger partial charge in [-0.3, -0.25) is 0 Å². The SMILES string of the molecule is Cc1cc(C(C)NCC(C)N(C)C)c(C)s1. The van der Waals surface area contributed by atoms with Gasteiger partial charge in [-0.15, -0.1) is 11.3 Å². The highest BCUT2D eigenvalue weighted by atomic mass is 32.1. The van der Waals surface area contributed by atoms with Crippen LogP contribution in [-0.2, 0) is 0 Å². The molecular formula is C13H24N2S. The molecule has 0 aliphatic rings. The monoisotopic (exact) mass is 240 g/mol. The highest BCUT2D eigenvalue weighted by Crippen LogP contribution is 2.25. The van der Waals surface area contributed by atoms with Gasteiger partial charge in [-0.1, -0.05) is 0 Å². The van der Waals surface area contributed by atoms with E-state index in [1.165, 1.54) is 15.3 Å². The Bertz CT molecular complexity index is 331. The lowest BCUT2D eigenvalue weighted by molar-refractivity contribution is 0.295. The van der Waals surface area contributed by atoms with Gasteiger partial charge in [0.05, 0.1) is 0 Å². The molecule has 1 aromatic heterocycles. The molecule has 0 saturated carbocycles. The lowest BCUT2D eigenvalue weighted by Gasteiger charge is -2.23. The Balaban J connectivity index is 2.53. The predicted octanol–water partition coefficient (Wildman–Crippen LogP) is 2.97. The fourth-order valence-electron chi connectivity index (χ4n) is 1.72. The van der Waals surface area contributed by atoms with Crippen LogP contribution in [0.5, 0.6) is 0 Å². The van der Waals surface area contributed by atoms with Crippen molar-refractivity contribution >= 4 is 11.3 Å². The molecule has 0 spiro atoms. The molecule has 92 valence electrons. The fraction of sp³-hybridized carbons (Fsp3) is 0.692. The van der Waals surface area contributed by atoms with Gasteiger partial charge < -0.3 is 10.2 Å². The maximum absolute atomic E-state index is 3.60. The van der Waals surface area contributed by atoms with Crippen molar-refractivity contribution in [3.05, 3.63) is 21.4 Å². The Morgan fingerprint density at radius 1 is 1.31 bits per heavy atom. The first-order valence-electron chi connectivity index (χ1n) is 5.88. The Morgan fingerprint density at radius 3 is 2.38 bits per heavy atom. The van der Waals surface area contributed by atoms with Crippen LogP contribution in [0.15, 0.2) is 6.07 Å². The lowest BCUT2D eigenvalue weighted by Crippen LogP contribution is -2.36. The predicted molar refractivity (Wildman–Crippen MR) is 73.4 cm³/mol. The van der Waals surface area contributed by atoms with Crippen molar-refractivity contribution in [3.8, 4) is 0 Å². The number of hydrogen-bond donors (Lipinski definition) is 1. The third-order valence-corrected chi connectivity index (χ3v) is 4.13. The molecule has 0 aliphatic carbocycles. The van der Waals surface area contributed by atoms with Crippen molar-refractivity contribution in [2.75, 3.05) is 20.6 Å². The van der Waals surface area contributed by atoms with Gasteiger partial charge in [0.1, 0.15) is 0 Å². The maximum atomic E-state index is 3.60. The minimum Gasteiger partial charge on any atom is -0.309 e. The van der Waals surface area contributed by atoms with E-state index in [-0.39, 0.29) is 0 Å². The largest absolute Gasteiger partial charge is 0.309 e. The van der Waals surface area contributed by atoms with Gasteiger partial charge in [-0.25, -0.2) is 0 Å². The van der Waals surface area contributed by atoms with Gasteiger partial charge in [-0.05, 0) is 53.4 Å². The van der Waals surface area contributed by atoms with E-state index in [0.717, 1.165) is 6.54 Å². The molecule has 2 unspecified atom stereocenters. The first-order chi connectivity index (χ1) is 7.41. The molecule has 0 radical (unpaired) electrons. The summed E-state index contributed by atoms with van der Waals surface area (Å²) in [5.74, 6) is 0. The lowest BCUT2D eigenvalue weighted by atomic mass is 10.1. The summed E-state index contributed by atoms with van der Waals surface area (Å²) in [7, 11) is 4.24. The molecule has 1 aromatic rings. The number of likely N-dealkylation sites (N-methyl/N-ethyl adjacent to an activating group) is 1. The number of hydrogen-bond acceptors (Lipinski definition) is 3. The molecule has 3 heteroatoms. The van der Waals surface area contributed by atoms with Crippen LogP contribution in [0, 0.1) is 13.8 Å². The van der Waals surface area contributed by atoms with Crippen molar-refractivity contribution in [1.29, 1.82) is 0 Å². The van der Waals surface area contributed by atoms with Crippen molar-refractivity contribution < 1.29 is 0 Å². The zero-order chi connectivity index (χ0) is 12.3. The normalized spacial score (nSPS) is 15.4. The van der Waals surface area contributed by atoms with Gasteiger partial charge in [0.15, 0.2) is 0 Å². The molecule has 2 atom stereocenters. The zero-order valence-electron chi connectivity index (χ0n) is 11.3. The minimum atomic E-state index is 0.451. The van der Waals surface area contributed by atoms with Crippen LogP contribution in [0.2, 0.25) is 0 Å². The van der Waals surface area contributed by atoms with E-state index in [4.69, 9.17) is 0 Å². The Morgan fingerprint density at radius 2 is 1.94 bits per heavy atom. The summed E-state index contributed by atoms with van der Waals surface area (Å²) in [6, 6.07) is 3.33. The third-order valence-electron chi connectivity index (χ3n) is 3.15. The highest BCUT2D eigenvalue weighted by Gasteiger charge is 2.12. The van der Waals surface area contributed by atoms with Crippen LogP contribution < -0.4 is 5.32 Å². The average Bonchev–Trinajstić information content (AvgIpc) is 2.53. The summed E-state index contributed by atoms with van der Waals surface area (Å²) in [6.07, 6.45) is 0. The van der Waals surface area contributed by atoms with E-state index in [0.29, 0.717) is 12.1 Å². The number of nitrogens with one attached hydrogen (secondary N) is 1. The van der Waals surface area contributed by atoms with Crippen LogP contribution in [0.25, 0.3) is 0 Å². The smallest absolute Gasteiger partial charge is 0.0303 e. The first kappa shape index (κ1) is 13.7. The highest BCUT2D eigenvalue weighted by molar-refractivity contribution is 7.12. The quantitative estimate of drug-likeness (QED) is 0.851. The van der Waals surface area contributed by atoms with E-state index >= 15 is 0 Å². The minimum absolute atomic E-state index is 0.451. The van der Waals surface area contributed by atoms with E-state index in [1.807, 2.05) is 11.3 Å². The number of thiophene rings is 1. The van der Waals surface area contributed by atoms with Crippen LogP contribution in [-0.4, -0.2) is 31.6 Å². The first-order valence-corrected chi connectivity index (χ1v) is 6.70. The van der Waals surface area contributed by atoms with E-state index < -0.39 is 0 Å². The summed E-state index contributed by atoms with van der Waals surface area (Å²) in [6.45, 7) is 9.90. The second-order valence-corrected chi connectivity index (χ2v) is 6.27. The number of nitrogens with zero attached hydrogens (tertiary/aromatic N) is 1. The zero-order valence-corrected chi connectivity index (χ0v) is 12.1. The van der Waals surface area contributed by atoms with E-state index in [2.05, 4.69) is 58.1 Å². The van der Waals surface area contributed by atoms with Crippen LogP contribution in [0.3, 0.4) is 0 Å². The van der Waals surface area contributed by atoms with Crippen molar-refractivity contribution in [3.63, 3.8) is 0 Å². The summed E-state index contributed by atoms with van der Waals surface area (Å²) >= 11 is 1.89. The molecular weight excluding hydrogens is 216 g/mol. The molecule has 16 heavy (non-hydrogen) atoms. The van der Waals surface area contributed by atoms with Gasteiger partial charge >= 0.3 is 0 Å². The second kappa shape index (κ2) is 5.80. The Hall–Kier alpha value is -0.380. The average molecular weight is 240 g/mol. The maximum Gasteiger partial charge on any atom is 0.0303 e. The van der Waals surface area contributed by atoms with Crippen molar-refractivity contribution in [2.45, 2.75) is 39.8 Å². The van der Waals surface area contributed by atoms with Gasteiger partial charge in [0, 0.05) is 28.4 Å². The van der Waals surface area contributed by atoms with Crippen molar-refractivity contribution in [1.82, 2.24) is 10.2 Å². The number of aryl methyl sites for hydroxylation is 2. The molecule has 0 amide bonds. The topological polar surface area (TPSA) is 15.3 Å². The van der Waals surface area contributed by atoms with Crippen LogP contribution in [0.1, 0.15) is 35.2 Å². The summed E-state index contributed by atoms with van der Waals surface area (Å²) in [5, 5.41) is 3.60. The van der Waals surface area contributed by atoms with Crippen LogP contribution in [0.4, 0.5) is 0 Å². The summed E-state index contributed by atoms with van der Waals surface area (Å²) in [5.41, 5.74) is 1.45. The van der Waals surface area contributed by atoms with Gasteiger partial charge in [-0.2, -0.15) is 0 Å². The molecule has 1 N–H and O–H groups in total. The molecule has 1 rings (SSSR count). The fourth-order valence-corrected chi connectivity index (χ4v) is 2.74. The molecule has 0 saturated heterocycles. The van der Waals surface area contributed by atoms with Gasteiger partial charge in [0.2, 0.25) is 0 Å². The second-order valence-electron chi connectivity index (χ2n) is 4.81. The third kappa shape index (κ3) is 3.58. The molecule has 0 bridgehead atoms. The summed E-state index contributed by atoms with van der Waals surface area (Å²) < 4.78 is 0. The Labute approximate surface area is 104 Å². The summed E-state index contributed by atoms with van der Waals surface area (Å²) in [4.78, 5) is 5.09. The van der Waals surface area contributed by atoms with Crippen molar-refractivity contribution in [2.24, 2.45) is 0 Å². The number of rotatable bonds is 5. The molecule has 0 aliphatic heterocycles. The molecule has 0 fully saturated rings. The van der Waals surface area contributed by atoms with E-state index in [9.17, 15) is 0 Å². The van der Waals surface area contributed by atoms with Gasteiger partial charge in [0.25, 0.3) is 0 Å². The van der Waals surface area contributed by atoms with E-state index in [1.54, 1.807) is 0 Å². The van der Waals surface area contributed by atoms with Crippen LogP contribution >= 0.6 is 11.3 Å².